The molecule has 0 aliphatic heterocycles. The van der Waals surface area contributed by atoms with Crippen LogP contribution >= 0.6 is 0 Å². The van der Waals surface area contributed by atoms with Crippen LogP contribution in [0.4, 0.5) is 5.69 Å². The number of nitrogens with one attached hydrogen (secondary N) is 1. The third-order valence-corrected chi connectivity index (χ3v) is 3.85. The van der Waals surface area contributed by atoms with Gasteiger partial charge in [0.15, 0.2) is 0 Å². The molecule has 2 aromatic rings. The molecule has 1 aromatic heterocycles. The summed E-state index contributed by atoms with van der Waals surface area (Å²) in [4.78, 5) is -0.0732. The summed E-state index contributed by atoms with van der Waals surface area (Å²) in [6.45, 7) is -0.312. The Labute approximate surface area is 121 Å². The molecule has 110 valence electrons. The maximum absolute atomic E-state index is 12.3. The highest BCUT2D eigenvalue weighted by Crippen LogP contribution is 2.26. The van der Waals surface area contributed by atoms with Gasteiger partial charge in [-0.2, -0.15) is 0 Å². The molecular formula is C13H12N2O5S. The number of aliphatic hydroxyl groups is 1. The molecule has 0 saturated carbocycles. The molecule has 2 N–H and O–H groups in total. The molecule has 8 heteroatoms. The molecule has 0 saturated heterocycles. The van der Waals surface area contributed by atoms with Crippen molar-refractivity contribution in [1.82, 2.24) is 5.16 Å². The van der Waals surface area contributed by atoms with Crippen LogP contribution in [0.3, 0.4) is 0 Å². The zero-order valence-electron chi connectivity index (χ0n) is 11.0. The Morgan fingerprint density at radius 2 is 2.29 bits per heavy atom. The van der Waals surface area contributed by atoms with Crippen molar-refractivity contribution in [2.75, 3.05) is 18.4 Å². The van der Waals surface area contributed by atoms with E-state index in [4.69, 9.17) is 9.84 Å². The number of hydrogen-bond donors (Lipinski definition) is 2. The molecule has 7 nitrogen and oxygen atoms in total. The van der Waals surface area contributed by atoms with Gasteiger partial charge in [-0.15, -0.1) is 0 Å². The van der Waals surface area contributed by atoms with E-state index < -0.39 is 10.0 Å². The van der Waals surface area contributed by atoms with Gasteiger partial charge in [0.25, 0.3) is 10.0 Å². The fourth-order valence-electron chi connectivity index (χ4n) is 1.57. The quantitative estimate of drug-likeness (QED) is 0.811. The number of anilines is 1. The monoisotopic (exact) mass is 308 g/mol. The van der Waals surface area contributed by atoms with E-state index in [-0.39, 0.29) is 22.9 Å². The minimum absolute atomic E-state index is 0.0732. The molecule has 0 unspecified atom stereocenters. The first kappa shape index (κ1) is 14.9. The van der Waals surface area contributed by atoms with Crippen LogP contribution in [0.25, 0.3) is 0 Å². The number of hydrogen-bond acceptors (Lipinski definition) is 6. The van der Waals surface area contributed by atoms with Crippen LogP contribution in [0, 0.1) is 11.8 Å². The minimum atomic E-state index is -3.88. The van der Waals surface area contributed by atoms with Crippen molar-refractivity contribution in [3.63, 3.8) is 0 Å². The highest BCUT2D eigenvalue weighted by atomic mass is 32.2. The molecule has 21 heavy (non-hydrogen) atoms. The molecule has 2 rings (SSSR count). The SMILES string of the molecule is COc1ccc(C#CCO)cc1S(=O)(=O)Nc1cnoc1. The average molecular weight is 308 g/mol. The summed E-state index contributed by atoms with van der Waals surface area (Å²) in [6, 6.07) is 4.45. The molecule has 0 atom stereocenters. The predicted molar refractivity (Wildman–Crippen MR) is 74.3 cm³/mol. The summed E-state index contributed by atoms with van der Waals surface area (Å²) in [5, 5.41) is 12.1. The van der Waals surface area contributed by atoms with Crippen molar-refractivity contribution in [3.05, 3.63) is 36.2 Å². The molecule has 0 bridgehead atoms. The lowest BCUT2D eigenvalue weighted by molar-refractivity contribution is 0.350. The number of nitrogens with zero attached hydrogens (tertiary/aromatic N) is 1. The zero-order valence-corrected chi connectivity index (χ0v) is 11.8. The highest BCUT2D eigenvalue weighted by Gasteiger charge is 2.20. The average Bonchev–Trinajstić information content (AvgIpc) is 2.97. The second-order valence-corrected chi connectivity index (χ2v) is 5.49. The third kappa shape index (κ3) is 3.53. The highest BCUT2D eigenvalue weighted by molar-refractivity contribution is 7.92. The smallest absolute Gasteiger partial charge is 0.265 e. The van der Waals surface area contributed by atoms with Gasteiger partial charge in [0.1, 0.15) is 29.2 Å². The molecule has 0 aliphatic carbocycles. The summed E-state index contributed by atoms with van der Waals surface area (Å²) < 4.78 is 36.6. The van der Waals surface area contributed by atoms with Crippen molar-refractivity contribution in [3.8, 4) is 17.6 Å². The van der Waals surface area contributed by atoms with Crippen LogP contribution in [0.5, 0.6) is 5.75 Å². The first-order chi connectivity index (χ1) is 10.1. The van der Waals surface area contributed by atoms with Crippen LogP contribution < -0.4 is 9.46 Å². The largest absolute Gasteiger partial charge is 0.495 e. The molecule has 0 fully saturated rings. The Kier molecular flexibility index (Phi) is 4.47. The Bertz CT molecular complexity index is 773. The normalized spacial score (nSPS) is 10.6. The first-order valence-electron chi connectivity index (χ1n) is 5.77. The number of methoxy groups -OCH3 is 1. The number of rotatable bonds is 4. The first-order valence-corrected chi connectivity index (χ1v) is 7.25. The molecule has 1 aromatic carbocycles. The van der Waals surface area contributed by atoms with Gasteiger partial charge in [0.05, 0.1) is 13.3 Å². The molecule has 0 aliphatic rings. The molecule has 0 radical (unpaired) electrons. The van der Waals surface area contributed by atoms with E-state index in [9.17, 15) is 8.42 Å². The zero-order chi connectivity index (χ0) is 15.3. The number of benzene rings is 1. The Morgan fingerprint density at radius 1 is 1.48 bits per heavy atom. The van der Waals surface area contributed by atoms with Crippen molar-refractivity contribution in [2.45, 2.75) is 4.90 Å². The van der Waals surface area contributed by atoms with Gasteiger partial charge >= 0.3 is 0 Å². The van der Waals surface area contributed by atoms with Crippen molar-refractivity contribution >= 4 is 15.7 Å². The third-order valence-electron chi connectivity index (χ3n) is 2.45. The van der Waals surface area contributed by atoms with Gasteiger partial charge < -0.3 is 14.4 Å². The van der Waals surface area contributed by atoms with E-state index in [0.29, 0.717) is 5.56 Å². The van der Waals surface area contributed by atoms with Gasteiger partial charge in [-0.1, -0.05) is 17.0 Å². The molecular weight excluding hydrogens is 296 g/mol. The fraction of sp³-hybridized carbons (Fsp3) is 0.154. The van der Waals surface area contributed by atoms with E-state index in [1.165, 1.54) is 31.7 Å². The predicted octanol–water partition coefficient (Wildman–Crippen LogP) is 0.828. The number of aliphatic hydroxyl groups excluding tert-OH is 1. The summed E-state index contributed by atoms with van der Waals surface area (Å²) in [5.74, 6) is 5.26. The van der Waals surface area contributed by atoms with E-state index in [1.54, 1.807) is 6.07 Å². The summed E-state index contributed by atoms with van der Waals surface area (Å²) in [6.07, 6.45) is 2.40. The molecule has 0 amide bonds. The summed E-state index contributed by atoms with van der Waals surface area (Å²) >= 11 is 0. The molecule has 1 heterocycles. The number of ether oxygens (including phenoxy) is 1. The van der Waals surface area contributed by atoms with E-state index in [1.807, 2.05) is 0 Å². The van der Waals surface area contributed by atoms with E-state index in [2.05, 4.69) is 26.2 Å². The van der Waals surface area contributed by atoms with Crippen molar-refractivity contribution in [1.29, 1.82) is 0 Å². The van der Waals surface area contributed by atoms with Crippen LogP contribution in [0.15, 0.2) is 40.1 Å². The molecule has 0 spiro atoms. The van der Waals surface area contributed by atoms with Crippen LogP contribution in [-0.2, 0) is 10.0 Å². The summed E-state index contributed by atoms with van der Waals surface area (Å²) in [5.41, 5.74) is 0.638. The van der Waals surface area contributed by atoms with Gasteiger partial charge in [0, 0.05) is 5.56 Å². The van der Waals surface area contributed by atoms with Gasteiger partial charge in [-0.05, 0) is 18.2 Å². The lowest BCUT2D eigenvalue weighted by Crippen LogP contribution is -2.14. The van der Waals surface area contributed by atoms with Crippen molar-refractivity contribution < 1.29 is 22.8 Å². The van der Waals surface area contributed by atoms with Crippen LogP contribution in [0.1, 0.15) is 5.56 Å². The Hall–Kier alpha value is -2.50. The van der Waals surface area contributed by atoms with Crippen LogP contribution in [0.2, 0.25) is 0 Å². The number of sulfonamides is 1. The number of aromatic nitrogens is 1. The Morgan fingerprint density at radius 3 is 2.90 bits per heavy atom. The van der Waals surface area contributed by atoms with E-state index >= 15 is 0 Å². The fourth-order valence-corrected chi connectivity index (χ4v) is 2.79. The topological polar surface area (TPSA) is 102 Å². The van der Waals surface area contributed by atoms with E-state index in [0.717, 1.165) is 0 Å². The summed E-state index contributed by atoms with van der Waals surface area (Å²) in [7, 11) is -2.51. The van der Waals surface area contributed by atoms with Gasteiger partial charge in [0.2, 0.25) is 0 Å². The minimum Gasteiger partial charge on any atom is -0.495 e. The lowest BCUT2D eigenvalue weighted by atomic mass is 10.2. The maximum atomic E-state index is 12.3. The second-order valence-electron chi connectivity index (χ2n) is 3.84. The lowest BCUT2D eigenvalue weighted by Gasteiger charge is -2.10. The maximum Gasteiger partial charge on any atom is 0.265 e. The van der Waals surface area contributed by atoms with Gasteiger partial charge in [-0.3, -0.25) is 4.72 Å². The van der Waals surface area contributed by atoms with Crippen molar-refractivity contribution in [2.24, 2.45) is 0 Å². The van der Waals surface area contributed by atoms with Gasteiger partial charge in [-0.25, -0.2) is 8.42 Å². The van der Waals surface area contributed by atoms with Crippen LogP contribution in [-0.4, -0.2) is 32.4 Å². The standard InChI is InChI=1S/C13H12N2O5S/c1-19-12-5-4-10(3-2-6-16)7-13(12)21(17,18)15-11-8-14-20-9-11/h4-5,7-9,15-16H,6H2,1H3. The Balaban J connectivity index is 2.44. The second kappa shape index (κ2) is 6.30.